The Morgan fingerprint density at radius 2 is 1.78 bits per heavy atom. The molecule has 0 aliphatic carbocycles. The average Bonchev–Trinajstić information content (AvgIpc) is 2.74. The number of ether oxygens (including phenoxy) is 2. The molecule has 0 bridgehead atoms. The Kier molecular flexibility index (Phi) is 5.06. The highest BCUT2D eigenvalue weighted by Gasteiger charge is 2.17. The van der Waals surface area contributed by atoms with Crippen LogP contribution in [0.5, 0.6) is 5.88 Å². The van der Waals surface area contributed by atoms with Crippen molar-refractivity contribution in [2.24, 2.45) is 0 Å². The van der Waals surface area contributed by atoms with Crippen LogP contribution in [0.4, 0.5) is 11.9 Å². The highest BCUT2D eigenvalue weighted by Crippen LogP contribution is 2.24. The molecule has 1 aliphatic rings. The van der Waals surface area contributed by atoms with Gasteiger partial charge in [0.1, 0.15) is 6.61 Å². The van der Waals surface area contributed by atoms with E-state index in [2.05, 4.69) is 24.8 Å². The topological polar surface area (TPSA) is 99.3 Å². The van der Waals surface area contributed by atoms with Gasteiger partial charge in [-0.2, -0.15) is 4.98 Å². The van der Waals surface area contributed by atoms with Gasteiger partial charge in [-0.05, 0) is 5.56 Å². The van der Waals surface area contributed by atoms with E-state index in [1.165, 1.54) is 0 Å². The normalized spacial score (nSPS) is 14.1. The van der Waals surface area contributed by atoms with Gasteiger partial charge in [-0.15, -0.1) is 0 Å². The summed E-state index contributed by atoms with van der Waals surface area (Å²) >= 11 is 0. The van der Waals surface area contributed by atoms with Crippen molar-refractivity contribution in [3.05, 3.63) is 54.4 Å². The van der Waals surface area contributed by atoms with Crippen LogP contribution < -0.4 is 15.4 Å². The molecule has 0 saturated carbocycles. The van der Waals surface area contributed by atoms with Crippen molar-refractivity contribution in [1.29, 1.82) is 0 Å². The quantitative estimate of drug-likeness (QED) is 0.733. The summed E-state index contributed by atoms with van der Waals surface area (Å²) in [6.45, 7) is 3.20. The Hall–Kier alpha value is -3.26. The Labute approximate surface area is 157 Å². The lowest BCUT2D eigenvalue weighted by Crippen LogP contribution is -2.37. The third kappa shape index (κ3) is 4.29. The first-order valence-electron chi connectivity index (χ1n) is 8.74. The zero-order valence-corrected chi connectivity index (χ0v) is 14.8. The Morgan fingerprint density at radius 1 is 1.04 bits per heavy atom. The van der Waals surface area contributed by atoms with Crippen molar-refractivity contribution in [3.63, 3.8) is 0 Å². The molecule has 2 aromatic heterocycles. The van der Waals surface area contributed by atoms with E-state index in [1.807, 2.05) is 30.3 Å². The molecule has 1 aromatic carbocycles. The maximum absolute atomic E-state index is 5.93. The summed E-state index contributed by atoms with van der Waals surface area (Å²) in [4.78, 5) is 19.4. The molecule has 0 unspecified atom stereocenters. The number of benzene rings is 1. The van der Waals surface area contributed by atoms with Crippen molar-refractivity contribution in [1.82, 2.24) is 19.9 Å². The zero-order chi connectivity index (χ0) is 18.5. The molecule has 138 valence electrons. The van der Waals surface area contributed by atoms with Crippen LogP contribution in [-0.4, -0.2) is 46.2 Å². The minimum atomic E-state index is 0.224. The van der Waals surface area contributed by atoms with Crippen molar-refractivity contribution < 1.29 is 9.47 Å². The predicted octanol–water partition coefficient (Wildman–Crippen LogP) is 1.93. The van der Waals surface area contributed by atoms with Crippen molar-refractivity contribution in [2.45, 2.75) is 6.61 Å². The molecular formula is C19H20N6O2. The highest BCUT2D eigenvalue weighted by molar-refractivity contribution is 5.60. The van der Waals surface area contributed by atoms with Crippen molar-refractivity contribution >= 4 is 11.9 Å². The van der Waals surface area contributed by atoms with E-state index in [-0.39, 0.29) is 5.95 Å². The molecule has 1 saturated heterocycles. The van der Waals surface area contributed by atoms with E-state index in [0.29, 0.717) is 37.3 Å². The van der Waals surface area contributed by atoms with Crippen molar-refractivity contribution in [3.8, 4) is 17.1 Å². The number of morpholine rings is 1. The lowest BCUT2D eigenvalue weighted by molar-refractivity contribution is 0.122. The second-order valence-corrected chi connectivity index (χ2v) is 6.10. The molecule has 0 spiro atoms. The fourth-order valence-corrected chi connectivity index (χ4v) is 2.74. The second kappa shape index (κ2) is 7.96. The molecule has 1 aliphatic heterocycles. The summed E-state index contributed by atoms with van der Waals surface area (Å²) in [5.74, 6) is 1.33. The molecule has 0 amide bonds. The monoisotopic (exact) mass is 364 g/mol. The van der Waals surface area contributed by atoms with Crippen LogP contribution in [0.2, 0.25) is 0 Å². The summed E-state index contributed by atoms with van der Waals surface area (Å²) < 4.78 is 11.4. The Morgan fingerprint density at radius 3 is 2.52 bits per heavy atom. The zero-order valence-electron chi connectivity index (χ0n) is 14.8. The predicted molar refractivity (Wildman–Crippen MR) is 101 cm³/mol. The maximum atomic E-state index is 5.93. The van der Waals surface area contributed by atoms with E-state index in [1.54, 1.807) is 18.5 Å². The van der Waals surface area contributed by atoms with Crippen LogP contribution in [-0.2, 0) is 11.3 Å². The largest absolute Gasteiger partial charge is 0.473 e. The summed E-state index contributed by atoms with van der Waals surface area (Å²) in [6.07, 6.45) is 3.30. The van der Waals surface area contributed by atoms with E-state index >= 15 is 0 Å². The molecule has 3 aromatic rings. The fraction of sp³-hybridized carbons (Fsp3) is 0.263. The van der Waals surface area contributed by atoms with Crippen molar-refractivity contribution in [2.75, 3.05) is 36.9 Å². The molecule has 4 rings (SSSR count). The van der Waals surface area contributed by atoms with Gasteiger partial charge in [0.15, 0.2) is 0 Å². The Balaban J connectivity index is 1.64. The molecule has 1 fully saturated rings. The third-order valence-electron chi connectivity index (χ3n) is 4.18. The van der Waals surface area contributed by atoms with Gasteiger partial charge in [0.05, 0.1) is 18.9 Å². The van der Waals surface area contributed by atoms with Gasteiger partial charge in [-0.3, -0.25) is 0 Å². The van der Waals surface area contributed by atoms with Crippen LogP contribution >= 0.6 is 0 Å². The van der Waals surface area contributed by atoms with E-state index in [0.717, 1.165) is 24.2 Å². The molecule has 0 atom stereocenters. The number of anilines is 2. The number of nitrogen functional groups attached to an aromatic ring is 1. The van der Waals surface area contributed by atoms with Gasteiger partial charge < -0.3 is 20.1 Å². The van der Waals surface area contributed by atoms with Crippen LogP contribution in [0.1, 0.15) is 5.56 Å². The van der Waals surface area contributed by atoms with Crippen LogP contribution in [0, 0.1) is 0 Å². The summed E-state index contributed by atoms with van der Waals surface area (Å²) in [5.41, 5.74) is 8.11. The third-order valence-corrected chi connectivity index (χ3v) is 4.18. The van der Waals surface area contributed by atoms with Gasteiger partial charge in [-0.1, -0.05) is 30.3 Å². The molecule has 27 heavy (non-hydrogen) atoms. The van der Waals surface area contributed by atoms with E-state index in [4.69, 9.17) is 15.2 Å². The summed E-state index contributed by atoms with van der Waals surface area (Å²) in [7, 11) is 0. The van der Waals surface area contributed by atoms with E-state index in [9.17, 15) is 0 Å². The Bertz CT molecular complexity index is 882. The molecule has 8 heteroatoms. The number of nitrogens with two attached hydrogens (primary N) is 1. The summed E-state index contributed by atoms with van der Waals surface area (Å²) in [6, 6.07) is 11.8. The molecule has 8 nitrogen and oxygen atoms in total. The molecule has 3 heterocycles. The summed E-state index contributed by atoms with van der Waals surface area (Å²) in [5, 5.41) is 0. The number of hydrogen-bond acceptors (Lipinski definition) is 8. The van der Waals surface area contributed by atoms with Gasteiger partial charge in [-0.25, -0.2) is 15.0 Å². The first kappa shape index (κ1) is 17.2. The number of aromatic nitrogens is 4. The van der Waals surface area contributed by atoms with Gasteiger partial charge in [0.2, 0.25) is 17.8 Å². The molecule has 0 radical (unpaired) electrons. The first-order chi connectivity index (χ1) is 13.3. The molecular weight excluding hydrogens is 344 g/mol. The van der Waals surface area contributed by atoms with Gasteiger partial charge in [0.25, 0.3) is 0 Å². The first-order valence-corrected chi connectivity index (χ1v) is 8.74. The van der Waals surface area contributed by atoms with Crippen LogP contribution in [0.15, 0.2) is 48.8 Å². The lowest BCUT2D eigenvalue weighted by Gasteiger charge is -2.27. The minimum Gasteiger partial charge on any atom is -0.473 e. The smallest absolute Gasteiger partial charge is 0.229 e. The average molecular weight is 364 g/mol. The van der Waals surface area contributed by atoms with Gasteiger partial charge >= 0.3 is 0 Å². The number of hydrogen-bond donors (Lipinski definition) is 1. The van der Waals surface area contributed by atoms with Gasteiger partial charge in [0, 0.05) is 37.1 Å². The maximum Gasteiger partial charge on any atom is 0.229 e. The van der Waals surface area contributed by atoms with Crippen LogP contribution in [0.3, 0.4) is 0 Å². The SMILES string of the molecule is Nc1ncc(-c2cc(OCc3ccccc3)nc(N3CCOCC3)n2)cn1. The fourth-order valence-electron chi connectivity index (χ4n) is 2.74. The standard InChI is InChI=1S/C19H20N6O2/c20-18-21-11-15(12-22-18)16-10-17(27-13-14-4-2-1-3-5-14)24-19(23-16)25-6-8-26-9-7-25/h1-5,10-12H,6-9,13H2,(H2,20,21,22). The van der Waals surface area contributed by atoms with Crippen LogP contribution in [0.25, 0.3) is 11.3 Å². The molecule has 2 N–H and O–H groups in total. The highest BCUT2D eigenvalue weighted by atomic mass is 16.5. The number of rotatable bonds is 5. The number of nitrogens with zero attached hydrogens (tertiary/aromatic N) is 5. The van der Waals surface area contributed by atoms with E-state index < -0.39 is 0 Å². The lowest BCUT2D eigenvalue weighted by atomic mass is 10.2. The minimum absolute atomic E-state index is 0.224. The second-order valence-electron chi connectivity index (χ2n) is 6.10.